The number of hydrogen-bond donors (Lipinski definition) is 2. The molecule has 0 aliphatic carbocycles. The second-order valence-electron chi connectivity index (χ2n) is 4.78. The fraction of sp³-hybridized carbons (Fsp3) is 0.357. The summed E-state index contributed by atoms with van der Waals surface area (Å²) in [7, 11) is 0. The lowest BCUT2D eigenvalue weighted by molar-refractivity contribution is -0.111. The number of anilines is 1. The summed E-state index contributed by atoms with van der Waals surface area (Å²) in [5.74, 6) is 0.400. The molecule has 1 fully saturated rings. The van der Waals surface area contributed by atoms with Crippen LogP contribution in [0, 0.1) is 0 Å². The second-order valence-corrected chi connectivity index (χ2v) is 6.77. The van der Waals surface area contributed by atoms with Crippen molar-refractivity contribution in [3.8, 4) is 0 Å². The number of aromatic nitrogens is 2. The quantitative estimate of drug-likeness (QED) is 0.850. The van der Waals surface area contributed by atoms with Gasteiger partial charge in [0.2, 0.25) is 5.91 Å². The molecular formula is C14H16N4OS2. The van der Waals surface area contributed by atoms with Crippen LogP contribution < -0.4 is 10.6 Å². The van der Waals surface area contributed by atoms with Gasteiger partial charge in [-0.1, -0.05) is 0 Å². The van der Waals surface area contributed by atoms with Crippen LogP contribution in [0.5, 0.6) is 0 Å². The first kappa shape index (κ1) is 14.4. The Morgan fingerprint density at radius 1 is 1.38 bits per heavy atom. The Morgan fingerprint density at radius 3 is 3.00 bits per heavy atom. The van der Waals surface area contributed by atoms with Crippen LogP contribution >= 0.6 is 22.7 Å². The number of piperidine rings is 1. The third kappa shape index (κ3) is 3.96. The zero-order valence-electron chi connectivity index (χ0n) is 11.4. The molecule has 0 bridgehead atoms. The van der Waals surface area contributed by atoms with Gasteiger partial charge in [-0.25, -0.2) is 9.97 Å². The van der Waals surface area contributed by atoms with E-state index in [1.807, 2.05) is 11.6 Å². The monoisotopic (exact) mass is 320 g/mol. The lowest BCUT2D eigenvalue weighted by Crippen LogP contribution is -2.26. The van der Waals surface area contributed by atoms with E-state index in [1.54, 1.807) is 23.6 Å². The highest BCUT2D eigenvalue weighted by Gasteiger charge is 2.18. The van der Waals surface area contributed by atoms with Crippen molar-refractivity contribution in [1.82, 2.24) is 15.3 Å². The largest absolute Gasteiger partial charge is 0.317 e. The Kier molecular flexibility index (Phi) is 4.74. The Bertz CT molecular complexity index is 615. The summed E-state index contributed by atoms with van der Waals surface area (Å²) in [5, 5.41) is 9.52. The minimum Gasteiger partial charge on any atom is -0.317 e. The van der Waals surface area contributed by atoms with E-state index in [9.17, 15) is 4.79 Å². The molecule has 2 aromatic heterocycles. The molecule has 7 heteroatoms. The molecule has 1 amide bonds. The van der Waals surface area contributed by atoms with Crippen LogP contribution in [0.4, 0.5) is 5.13 Å². The lowest BCUT2D eigenvalue weighted by atomic mass is 9.97. The molecule has 1 aliphatic heterocycles. The summed E-state index contributed by atoms with van der Waals surface area (Å²) in [6.07, 6.45) is 9.08. The van der Waals surface area contributed by atoms with E-state index in [0.29, 0.717) is 11.0 Å². The molecular weight excluding hydrogens is 304 g/mol. The van der Waals surface area contributed by atoms with E-state index >= 15 is 0 Å². The van der Waals surface area contributed by atoms with Gasteiger partial charge in [-0.15, -0.1) is 22.7 Å². The third-order valence-corrected chi connectivity index (χ3v) is 5.14. The van der Waals surface area contributed by atoms with Crippen molar-refractivity contribution in [2.75, 3.05) is 18.4 Å². The average molecular weight is 320 g/mol. The van der Waals surface area contributed by atoms with Crippen molar-refractivity contribution in [3.63, 3.8) is 0 Å². The van der Waals surface area contributed by atoms with Crippen LogP contribution in [0.25, 0.3) is 6.08 Å². The SMILES string of the molecule is O=C(/C=C/c1nccs1)Nc1ncc(C2CCNCC2)s1. The summed E-state index contributed by atoms with van der Waals surface area (Å²) in [5.41, 5.74) is 0. The van der Waals surface area contributed by atoms with Crippen molar-refractivity contribution in [3.05, 3.63) is 33.7 Å². The predicted molar refractivity (Wildman–Crippen MR) is 86.7 cm³/mol. The van der Waals surface area contributed by atoms with Crippen LogP contribution in [0.1, 0.15) is 28.6 Å². The Balaban J connectivity index is 1.57. The van der Waals surface area contributed by atoms with E-state index in [2.05, 4.69) is 20.6 Å². The van der Waals surface area contributed by atoms with Gasteiger partial charge in [-0.05, 0) is 37.9 Å². The van der Waals surface area contributed by atoms with E-state index in [-0.39, 0.29) is 5.91 Å². The molecule has 110 valence electrons. The number of thiazole rings is 2. The second kappa shape index (κ2) is 6.93. The molecule has 0 aromatic carbocycles. The van der Waals surface area contributed by atoms with Gasteiger partial charge in [0.1, 0.15) is 5.01 Å². The van der Waals surface area contributed by atoms with Crippen molar-refractivity contribution in [2.45, 2.75) is 18.8 Å². The third-order valence-electron chi connectivity index (χ3n) is 3.32. The molecule has 5 nitrogen and oxygen atoms in total. The van der Waals surface area contributed by atoms with E-state index in [1.165, 1.54) is 22.3 Å². The fourth-order valence-corrected chi connectivity index (χ4v) is 3.77. The van der Waals surface area contributed by atoms with Gasteiger partial charge in [-0.2, -0.15) is 0 Å². The number of amides is 1. The number of nitrogens with one attached hydrogen (secondary N) is 2. The van der Waals surface area contributed by atoms with Crippen LogP contribution in [0.2, 0.25) is 0 Å². The summed E-state index contributed by atoms with van der Waals surface area (Å²) in [6, 6.07) is 0. The average Bonchev–Trinajstić information content (AvgIpc) is 3.17. The van der Waals surface area contributed by atoms with E-state index in [4.69, 9.17) is 0 Å². The van der Waals surface area contributed by atoms with E-state index < -0.39 is 0 Å². The molecule has 0 saturated carbocycles. The van der Waals surface area contributed by atoms with Gasteiger partial charge in [0.15, 0.2) is 5.13 Å². The Morgan fingerprint density at radius 2 is 2.24 bits per heavy atom. The Hall–Kier alpha value is -1.57. The Labute approximate surface area is 131 Å². The zero-order valence-corrected chi connectivity index (χ0v) is 13.0. The van der Waals surface area contributed by atoms with Gasteiger partial charge in [0, 0.05) is 28.7 Å². The molecule has 1 aliphatic rings. The molecule has 0 unspecified atom stereocenters. The number of nitrogens with zero attached hydrogens (tertiary/aromatic N) is 2. The summed E-state index contributed by atoms with van der Waals surface area (Å²) < 4.78 is 0. The normalized spacial score (nSPS) is 16.4. The first-order chi connectivity index (χ1) is 10.3. The maximum absolute atomic E-state index is 11.8. The highest BCUT2D eigenvalue weighted by molar-refractivity contribution is 7.15. The maximum atomic E-state index is 11.8. The molecule has 3 heterocycles. The molecule has 2 N–H and O–H groups in total. The van der Waals surface area contributed by atoms with Crippen LogP contribution in [-0.2, 0) is 4.79 Å². The fourth-order valence-electron chi connectivity index (χ4n) is 2.25. The van der Waals surface area contributed by atoms with Crippen LogP contribution in [0.3, 0.4) is 0 Å². The number of carbonyl (C=O) groups is 1. The molecule has 0 atom stereocenters. The molecule has 21 heavy (non-hydrogen) atoms. The first-order valence-corrected chi connectivity index (χ1v) is 8.56. The number of rotatable bonds is 4. The maximum Gasteiger partial charge on any atom is 0.250 e. The van der Waals surface area contributed by atoms with Gasteiger partial charge in [0.05, 0.1) is 0 Å². The first-order valence-electron chi connectivity index (χ1n) is 6.86. The van der Waals surface area contributed by atoms with Gasteiger partial charge >= 0.3 is 0 Å². The molecule has 3 rings (SSSR count). The van der Waals surface area contributed by atoms with Gasteiger partial charge in [-0.3, -0.25) is 10.1 Å². The minimum absolute atomic E-state index is 0.170. The zero-order chi connectivity index (χ0) is 14.5. The molecule has 2 aromatic rings. The van der Waals surface area contributed by atoms with Gasteiger partial charge < -0.3 is 5.32 Å². The minimum atomic E-state index is -0.170. The van der Waals surface area contributed by atoms with Crippen molar-refractivity contribution < 1.29 is 4.79 Å². The van der Waals surface area contributed by atoms with Crippen LogP contribution in [0.15, 0.2) is 23.8 Å². The topological polar surface area (TPSA) is 66.9 Å². The van der Waals surface area contributed by atoms with E-state index in [0.717, 1.165) is 30.9 Å². The van der Waals surface area contributed by atoms with Crippen molar-refractivity contribution in [2.24, 2.45) is 0 Å². The standard InChI is InChI=1S/C14H16N4OS2/c19-12(1-2-13-16-7-8-20-13)18-14-17-9-11(21-14)10-3-5-15-6-4-10/h1-2,7-10,15H,3-6H2,(H,17,18,19)/b2-1+. The predicted octanol–water partition coefficient (Wildman–Crippen LogP) is 2.72. The highest BCUT2D eigenvalue weighted by Crippen LogP contribution is 2.31. The molecule has 0 radical (unpaired) electrons. The highest BCUT2D eigenvalue weighted by atomic mass is 32.1. The van der Waals surface area contributed by atoms with Crippen molar-refractivity contribution >= 4 is 39.8 Å². The summed E-state index contributed by atoms with van der Waals surface area (Å²) in [6.45, 7) is 2.11. The smallest absolute Gasteiger partial charge is 0.250 e. The number of carbonyl (C=O) groups excluding carboxylic acids is 1. The summed E-state index contributed by atoms with van der Waals surface area (Å²) in [4.78, 5) is 21.5. The summed E-state index contributed by atoms with van der Waals surface area (Å²) >= 11 is 3.07. The molecule has 0 spiro atoms. The van der Waals surface area contributed by atoms with Gasteiger partial charge in [0.25, 0.3) is 0 Å². The van der Waals surface area contributed by atoms with Crippen LogP contribution in [-0.4, -0.2) is 29.0 Å². The lowest BCUT2D eigenvalue weighted by Gasteiger charge is -2.20. The molecule has 1 saturated heterocycles. The number of hydrogen-bond acceptors (Lipinski definition) is 6. The van der Waals surface area contributed by atoms with Crippen molar-refractivity contribution in [1.29, 1.82) is 0 Å².